The Kier molecular flexibility index (Phi) is 7.55. The van der Waals surface area contributed by atoms with Gasteiger partial charge in [0.2, 0.25) is 0 Å². The van der Waals surface area contributed by atoms with Crippen molar-refractivity contribution >= 4 is 44.4 Å². The second-order valence-electron chi connectivity index (χ2n) is 7.59. The molecule has 3 rings (SSSR count). The van der Waals surface area contributed by atoms with Crippen LogP contribution in [0.15, 0.2) is 42.5 Å². The molecule has 9 heteroatoms. The molecular formula is C23H26N4O4S. The number of nitro benzene ring substituents is 1. The normalized spacial score (nSPS) is 11.4. The molecule has 32 heavy (non-hydrogen) atoms. The Balaban J connectivity index is 1.89. The maximum absolute atomic E-state index is 13.1. The van der Waals surface area contributed by atoms with E-state index in [1.807, 2.05) is 33.2 Å². The molecule has 0 N–H and O–H groups in total. The summed E-state index contributed by atoms with van der Waals surface area (Å²) in [5.74, 6) is 0.480. The minimum atomic E-state index is -0.450. The molecule has 0 saturated carbocycles. The fourth-order valence-electron chi connectivity index (χ4n) is 3.19. The lowest BCUT2D eigenvalue weighted by Gasteiger charge is -2.19. The fourth-order valence-corrected chi connectivity index (χ4v) is 4.27. The van der Waals surface area contributed by atoms with E-state index in [1.165, 1.54) is 29.5 Å². The number of aromatic nitrogens is 1. The Hall–Kier alpha value is -3.30. The molecule has 0 aliphatic heterocycles. The molecule has 0 aliphatic rings. The lowest BCUT2D eigenvalue weighted by molar-refractivity contribution is -0.384. The molecule has 1 aromatic heterocycles. The summed E-state index contributed by atoms with van der Waals surface area (Å²) in [5, 5.41) is 11.4. The van der Waals surface area contributed by atoms with Gasteiger partial charge < -0.3 is 9.64 Å². The zero-order valence-electron chi connectivity index (χ0n) is 18.6. The van der Waals surface area contributed by atoms with Crippen molar-refractivity contribution < 1.29 is 14.5 Å². The molecule has 0 saturated heterocycles. The number of rotatable bonds is 9. The third kappa shape index (κ3) is 5.49. The van der Waals surface area contributed by atoms with E-state index in [0.29, 0.717) is 23.0 Å². The first-order valence-electron chi connectivity index (χ1n) is 10.1. The summed E-state index contributed by atoms with van der Waals surface area (Å²) in [5.41, 5.74) is 2.54. The molecule has 0 bridgehead atoms. The molecule has 3 aromatic rings. The number of ether oxygens (including phenoxy) is 1. The minimum Gasteiger partial charge on any atom is -0.494 e. The maximum atomic E-state index is 13.1. The first-order valence-corrected chi connectivity index (χ1v) is 10.9. The van der Waals surface area contributed by atoms with Gasteiger partial charge in [-0.05, 0) is 69.4 Å². The van der Waals surface area contributed by atoms with Crippen LogP contribution < -0.4 is 9.64 Å². The van der Waals surface area contributed by atoms with Gasteiger partial charge in [-0.1, -0.05) is 17.4 Å². The highest BCUT2D eigenvalue weighted by atomic mass is 32.1. The Labute approximate surface area is 190 Å². The van der Waals surface area contributed by atoms with E-state index < -0.39 is 4.92 Å². The van der Waals surface area contributed by atoms with Crippen molar-refractivity contribution in [3.63, 3.8) is 0 Å². The number of nitrogens with zero attached hydrogens (tertiary/aromatic N) is 4. The lowest BCUT2D eigenvalue weighted by atomic mass is 10.2. The van der Waals surface area contributed by atoms with Gasteiger partial charge in [-0.3, -0.25) is 19.8 Å². The molecule has 0 radical (unpaired) electrons. The lowest BCUT2D eigenvalue weighted by Crippen LogP contribution is -2.32. The summed E-state index contributed by atoms with van der Waals surface area (Å²) >= 11 is 1.47. The zero-order valence-corrected chi connectivity index (χ0v) is 19.4. The number of hydrogen-bond donors (Lipinski definition) is 0. The predicted molar refractivity (Wildman–Crippen MR) is 129 cm³/mol. The summed E-state index contributed by atoms with van der Waals surface area (Å²) in [6, 6.07) is 9.93. The largest absolute Gasteiger partial charge is 0.494 e. The van der Waals surface area contributed by atoms with E-state index in [0.717, 1.165) is 28.7 Å². The van der Waals surface area contributed by atoms with Crippen molar-refractivity contribution in [3.05, 3.63) is 63.7 Å². The number of nitro groups is 1. The Bertz CT molecular complexity index is 1140. The number of aryl methyl sites for hydroxylation is 1. The van der Waals surface area contributed by atoms with Crippen LogP contribution >= 0.6 is 11.3 Å². The molecule has 0 aliphatic carbocycles. The van der Waals surface area contributed by atoms with Gasteiger partial charge in [-0.15, -0.1) is 0 Å². The van der Waals surface area contributed by atoms with Crippen LogP contribution in [0.4, 0.5) is 10.8 Å². The highest BCUT2D eigenvalue weighted by Gasteiger charge is 2.20. The number of fused-ring (bicyclic) bond motifs is 1. The van der Waals surface area contributed by atoms with Crippen LogP contribution in [0.5, 0.6) is 5.75 Å². The van der Waals surface area contributed by atoms with E-state index in [9.17, 15) is 14.9 Å². The fraction of sp³-hybridized carbons (Fsp3) is 0.304. The Morgan fingerprint density at radius 3 is 2.53 bits per heavy atom. The van der Waals surface area contributed by atoms with Gasteiger partial charge in [0.05, 0.1) is 16.7 Å². The molecule has 2 aromatic carbocycles. The van der Waals surface area contributed by atoms with E-state index in [-0.39, 0.29) is 11.6 Å². The first-order chi connectivity index (χ1) is 15.3. The minimum absolute atomic E-state index is 0.0116. The van der Waals surface area contributed by atoms with Gasteiger partial charge >= 0.3 is 0 Å². The van der Waals surface area contributed by atoms with Crippen molar-refractivity contribution in [1.82, 2.24) is 9.88 Å². The van der Waals surface area contributed by atoms with Gasteiger partial charge in [0.15, 0.2) is 5.13 Å². The second-order valence-corrected chi connectivity index (χ2v) is 8.57. The number of amides is 1. The third-order valence-electron chi connectivity index (χ3n) is 4.92. The van der Waals surface area contributed by atoms with Gasteiger partial charge in [0.1, 0.15) is 11.3 Å². The molecule has 0 spiro atoms. The molecule has 1 heterocycles. The topological polar surface area (TPSA) is 88.8 Å². The highest BCUT2D eigenvalue weighted by molar-refractivity contribution is 7.22. The van der Waals surface area contributed by atoms with Crippen LogP contribution in [-0.4, -0.2) is 55.0 Å². The van der Waals surface area contributed by atoms with Crippen LogP contribution in [0.25, 0.3) is 16.3 Å². The second kappa shape index (κ2) is 10.3. The smallest absolute Gasteiger partial charge is 0.269 e. The highest BCUT2D eigenvalue weighted by Crippen LogP contribution is 2.36. The van der Waals surface area contributed by atoms with Gasteiger partial charge in [0.25, 0.3) is 11.6 Å². The number of methoxy groups -OCH3 is 1. The molecule has 0 atom stereocenters. The van der Waals surface area contributed by atoms with E-state index >= 15 is 0 Å². The summed E-state index contributed by atoms with van der Waals surface area (Å²) in [6.07, 6.45) is 3.92. The Morgan fingerprint density at radius 1 is 1.19 bits per heavy atom. The Morgan fingerprint density at radius 2 is 1.91 bits per heavy atom. The van der Waals surface area contributed by atoms with Crippen LogP contribution in [-0.2, 0) is 4.79 Å². The van der Waals surface area contributed by atoms with Crippen LogP contribution in [0, 0.1) is 17.0 Å². The van der Waals surface area contributed by atoms with Crippen LogP contribution in [0.3, 0.4) is 0 Å². The standard InChI is InChI=1S/C23H26N4O4S/c1-16-6-12-19(31-4)21-22(16)32-23(24-21)26(15-5-14-25(2)3)20(28)13-9-17-7-10-18(11-8-17)27(29)30/h6-13H,5,14-15H2,1-4H3/b13-9-. The molecule has 168 valence electrons. The van der Waals surface area contributed by atoms with Crippen molar-refractivity contribution in [1.29, 1.82) is 0 Å². The van der Waals surface area contributed by atoms with E-state index in [2.05, 4.69) is 4.90 Å². The van der Waals surface area contributed by atoms with Crippen molar-refractivity contribution in [3.8, 4) is 5.75 Å². The van der Waals surface area contributed by atoms with Gasteiger partial charge in [-0.2, -0.15) is 0 Å². The number of thiazole rings is 1. The summed E-state index contributed by atoms with van der Waals surface area (Å²) in [4.78, 5) is 32.0. The molecule has 0 fully saturated rings. The first kappa shape index (κ1) is 23.4. The number of non-ortho nitro benzene ring substituents is 1. The molecule has 1 amide bonds. The zero-order chi connectivity index (χ0) is 23.3. The van der Waals surface area contributed by atoms with Crippen molar-refractivity contribution in [2.75, 3.05) is 39.2 Å². The quantitative estimate of drug-likeness (QED) is 0.268. The number of hydrogen-bond acceptors (Lipinski definition) is 7. The average Bonchev–Trinajstić information content (AvgIpc) is 3.21. The monoisotopic (exact) mass is 454 g/mol. The summed E-state index contributed by atoms with van der Waals surface area (Å²) < 4.78 is 6.44. The van der Waals surface area contributed by atoms with Crippen LogP contribution in [0.2, 0.25) is 0 Å². The number of benzene rings is 2. The third-order valence-corrected chi connectivity index (χ3v) is 6.13. The van der Waals surface area contributed by atoms with E-state index in [4.69, 9.17) is 9.72 Å². The van der Waals surface area contributed by atoms with Crippen LogP contribution in [0.1, 0.15) is 17.5 Å². The van der Waals surface area contributed by atoms with Gasteiger partial charge in [0, 0.05) is 24.8 Å². The average molecular weight is 455 g/mol. The van der Waals surface area contributed by atoms with Crippen molar-refractivity contribution in [2.45, 2.75) is 13.3 Å². The predicted octanol–water partition coefficient (Wildman–Crippen LogP) is 4.52. The summed E-state index contributed by atoms with van der Waals surface area (Å²) in [6.45, 7) is 3.36. The molecule has 8 nitrogen and oxygen atoms in total. The maximum Gasteiger partial charge on any atom is 0.269 e. The number of anilines is 1. The number of carbonyl (C=O) groups excluding carboxylic acids is 1. The summed E-state index contributed by atoms with van der Waals surface area (Å²) in [7, 11) is 5.59. The van der Waals surface area contributed by atoms with Crippen molar-refractivity contribution in [2.24, 2.45) is 0 Å². The molecular weight excluding hydrogens is 428 g/mol. The van der Waals surface area contributed by atoms with Gasteiger partial charge in [-0.25, -0.2) is 4.98 Å². The molecule has 0 unspecified atom stereocenters. The van der Waals surface area contributed by atoms with E-state index in [1.54, 1.807) is 30.2 Å². The number of carbonyl (C=O) groups is 1. The SMILES string of the molecule is COc1ccc(C)c2sc(N(CCCN(C)C)C(=O)/C=C\c3ccc([N+](=O)[O-])cc3)nc12.